The van der Waals surface area contributed by atoms with Crippen molar-refractivity contribution in [2.24, 2.45) is 0 Å². The largest absolute Gasteiger partial charge is 0.460 e. The second kappa shape index (κ2) is 6.92. The Balaban J connectivity index is 2.41. The summed E-state index contributed by atoms with van der Waals surface area (Å²) in [5, 5.41) is 1.45. The summed E-state index contributed by atoms with van der Waals surface area (Å²) in [6.07, 6.45) is -0.211. The molecule has 0 aliphatic heterocycles. The molecule has 2 nitrogen and oxygen atoms in total. The van der Waals surface area contributed by atoms with Gasteiger partial charge in [0.2, 0.25) is 0 Å². The van der Waals surface area contributed by atoms with E-state index in [9.17, 15) is 4.79 Å². The SMILES string of the molecule is C[C@H](OC=O)c1ccccc1[C@H](C)[Si](C)(C)c1ccccc1. The predicted octanol–water partition coefficient (Wildman–Crippen LogP) is 4.18. The van der Waals surface area contributed by atoms with Crippen LogP contribution in [0.2, 0.25) is 13.1 Å². The molecule has 3 heteroatoms. The van der Waals surface area contributed by atoms with Crippen molar-refractivity contribution in [1.82, 2.24) is 0 Å². The number of hydrogen-bond donors (Lipinski definition) is 0. The van der Waals surface area contributed by atoms with Gasteiger partial charge >= 0.3 is 0 Å². The molecule has 0 aliphatic rings. The fraction of sp³-hybridized carbons (Fsp3) is 0.316. The zero-order chi connectivity index (χ0) is 16.2. The fourth-order valence-corrected chi connectivity index (χ4v) is 5.53. The molecule has 2 aromatic carbocycles. The Hall–Kier alpha value is -1.87. The molecule has 0 N–H and O–H groups in total. The molecular formula is C19H24O2Si. The number of benzene rings is 2. The van der Waals surface area contributed by atoms with E-state index in [1.54, 1.807) is 0 Å². The lowest BCUT2D eigenvalue weighted by atomic mass is 10.0. The van der Waals surface area contributed by atoms with Gasteiger partial charge in [0, 0.05) is 0 Å². The van der Waals surface area contributed by atoms with Crippen LogP contribution in [0, 0.1) is 0 Å². The van der Waals surface area contributed by atoms with Crippen molar-refractivity contribution >= 4 is 19.7 Å². The molecule has 0 bridgehead atoms. The molecule has 116 valence electrons. The molecule has 2 atom stereocenters. The Bertz CT molecular complexity index is 622. The topological polar surface area (TPSA) is 26.3 Å². The monoisotopic (exact) mass is 312 g/mol. The van der Waals surface area contributed by atoms with Gasteiger partial charge in [-0.3, -0.25) is 4.79 Å². The average Bonchev–Trinajstić information content (AvgIpc) is 2.55. The summed E-state index contributed by atoms with van der Waals surface area (Å²) in [4.78, 5) is 10.7. The van der Waals surface area contributed by atoms with Crippen molar-refractivity contribution in [3.8, 4) is 0 Å². The molecule has 0 radical (unpaired) electrons. The normalized spacial score (nSPS) is 14.2. The molecule has 2 rings (SSSR count). The molecule has 22 heavy (non-hydrogen) atoms. The van der Waals surface area contributed by atoms with Gasteiger partial charge in [0.05, 0.1) is 8.07 Å². The lowest BCUT2D eigenvalue weighted by Gasteiger charge is -2.32. The quantitative estimate of drug-likeness (QED) is 0.591. The van der Waals surface area contributed by atoms with E-state index in [0.717, 1.165) is 5.56 Å². The maximum atomic E-state index is 10.7. The summed E-state index contributed by atoms with van der Waals surface area (Å²) >= 11 is 0. The van der Waals surface area contributed by atoms with Crippen molar-refractivity contribution in [3.63, 3.8) is 0 Å². The summed E-state index contributed by atoms with van der Waals surface area (Å²) in [6, 6.07) is 19.1. The Morgan fingerprint density at radius 1 is 0.909 bits per heavy atom. The van der Waals surface area contributed by atoms with Crippen LogP contribution in [-0.2, 0) is 9.53 Å². The van der Waals surface area contributed by atoms with Gasteiger partial charge in [0.1, 0.15) is 6.10 Å². The van der Waals surface area contributed by atoms with Gasteiger partial charge in [0.25, 0.3) is 6.47 Å². The van der Waals surface area contributed by atoms with Gasteiger partial charge in [0.15, 0.2) is 0 Å². The van der Waals surface area contributed by atoms with Crippen LogP contribution in [-0.4, -0.2) is 14.5 Å². The van der Waals surface area contributed by atoms with E-state index in [-0.39, 0.29) is 6.10 Å². The molecule has 0 heterocycles. The Labute approximate surface area is 134 Å². The third-order valence-corrected chi connectivity index (χ3v) is 9.06. The third-order valence-electron chi connectivity index (χ3n) is 4.76. The molecule has 0 aromatic heterocycles. The minimum Gasteiger partial charge on any atom is -0.460 e. The second-order valence-corrected chi connectivity index (χ2v) is 11.2. The van der Waals surface area contributed by atoms with E-state index in [4.69, 9.17) is 4.74 Å². The smallest absolute Gasteiger partial charge is 0.293 e. The van der Waals surface area contributed by atoms with Crippen LogP contribution in [0.1, 0.15) is 36.6 Å². The standard InChI is InChI=1S/C19H24O2Si/c1-15(21-14-20)18-12-8-9-13-19(18)16(2)22(3,4)17-10-6-5-7-11-17/h5-16H,1-4H3/t15-,16-/m0/s1. The Morgan fingerprint density at radius 3 is 2.05 bits per heavy atom. The number of carbonyl (C=O) groups is 1. The summed E-state index contributed by atoms with van der Waals surface area (Å²) < 4.78 is 5.17. The lowest BCUT2D eigenvalue weighted by Crippen LogP contribution is -2.46. The number of ether oxygens (including phenoxy) is 1. The Morgan fingerprint density at radius 2 is 1.45 bits per heavy atom. The highest BCUT2D eigenvalue weighted by Crippen LogP contribution is 2.32. The number of hydrogen-bond acceptors (Lipinski definition) is 2. The van der Waals surface area contributed by atoms with E-state index in [1.165, 1.54) is 10.8 Å². The molecule has 0 amide bonds. The molecule has 0 fully saturated rings. The minimum absolute atomic E-state index is 0.211. The first-order valence-electron chi connectivity index (χ1n) is 7.72. The summed E-state index contributed by atoms with van der Waals surface area (Å²) in [7, 11) is -1.67. The van der Waals surface area contributed by atoms with Crippen LogP contribution in [0.3, 0.4) is 0 Å². The first-order valence-corrected chi connectivity index (χ1v) is 10.8. The summed E-state index contributed by atoms with van der Waals surface area (Å²) in [5.41, 5.74) is 2.83. The van der Waals surface area contributed by atoms with Crippen LogP contribution in [0.15, 0.2) is 54.6 Å². The number of rotatable bonds is 6. The molecule has 0 spiro atoms. The van der Waals surface area contributed by atoms with Gasteiger partial charge in [-0.15, -0.1) is 0 Å². The molecule has 0 saturated carbocycles. The molecule has 0 unspecified atom stereocenters. The first-order chi connectivity index (χ1) is 10.5. The van der Waals surface area contributed by atoms with Gasteiger partial charge in [-0.05, 0) is 23.6 Å². The van der Waals surface area contributed by atoms with E-state index in [2.05, 4.69) is 68.5 Å². The maximum absolute atomic E-state index is 10.7. The summed E-state index contributed by atoms with van der Waals surface area (Å²) in [6.45, 7) is 9.55. The maximum Gasteiger partial charge on any atom is 0.293 e. The van der Waals surface area contributed by atoms with Gasteiger partial charge in [-0.25, -0.2) is 0 Å². The van der Waals surface area contributed by atoms with Crippen molar-refractivity contribution < 1.29 is 9.53 Å². The van der Waals surface area contributed by atoms with Crippen molar-refractivity contribution in [2.45, 2.75) is 38.6 Å². The average molecular weight is 312 g/mol. The van der Waals surface area contributed by atoms with Crippen LogP contribution in [0.25, 0.3) is 0 Å². The van der Waals surface area contributed by atoms with E-state index < -0.39 is 8.07 Å². The highest BCUT2D eigenvalue weighted by molar-refractivity contribution is 6.90. The molecule has 0 saturated heterocycles. The van der Waals surface area contributed by atoms with Crippen LogP contribution in [0.5, 0.6) is 0 Å². The minimum atomic E-state index is -1.67. The van der Waals surface area contributed by atoms with Crippen LogP contribution in [0.4, 0.5) is 0 Å². The van der Waals surface area contributed by atoms with Gasteiger partial charge < -0.3 is 4.74 Å². The summed E-state index contributed by atoms with van der Waals surface area (Å²) in [5.74, 6) is 0. The zero-order valence-electron chi connectivity index (χ0n) is 13.7. The molecule has 2 aromatic rings. The van der Waals surface area contributed by atoms with Gasteiger partial charge in [-0.2, -0.15) is 0 Å². The highest BCUT2D eigenvalue weighted by Gasteiger charge is 2.33. The first kappa shape index (κ1) is 16.5. The van der Waals surface area contributed by atoms with Crippen molar-refractivity contribution in [2.75, 3.05) is 0 Å². The second-order valence-electron chi connectivity index (χ2n) is 6.31. The lowest BCUT2D eigenvalue weighted by molar-refractivity contribution is -0.133. The van der Waals surface area contributed by atoms with E-state index >= 15 is 0 Å². The van der Waals surface area contributed by atoms with E-state index in [0.29, 0.717) is 12.0 Å². The van der Waals surface area contributed by atoms with Crippen LogP contribution >= 0.6 is 0 Å². The number of carbonyl (C=O) groups excluding carboxylic acids is 1. The molecule has 0 aliphatic carbocycles. The van der Waals surface area contributed by atoms with E-state index in [1.807, 2.05) is 13.0 Å². The zero-order valence-corrected chi connectivity index (χ0v) is 14.7. The Kier molecular flexibility index (Phi) is 5.19. The highest BCUT2D eigenvalue weighted by atomic mass is 28.3. The van der Waals surface area contributed by atoms with Crippen molar-refractivity contribution in [1.29, 1.82) is 0 Å². The van der Waals surface area contributed by atoms with Crippen molar-refractivity contribution in [3.05, 3.63) is 65.7 Å². The van der Waals surface area contributed by atoms with Gasteiger partial charge in [-0.1, -0.05) is 79.8 Å². The van der Waals surface area contributed by atoms with Crippen LogP contribution < -0.4 is 5.19 Å². The third kappa shape index (κ3) is 3.30. The fourth-order valence-electron chi connectivity index (χ4n) is 2.94. The predicted molar refractivity (Wildman–Crippen MR) is 94.0 cm³/mol. The molecular weight excluding hydrogens is 288 g/mol.